The molecule has 0 bridgehead atoms. The van der Waals surface area contributed by atoms with Gasteiger partial charge in [-0.2, -0.15) is 5.10 Å². The van der Waals surface area contributed by atoms with Crippen LogP contribution in [0.15, 0.2) is 22.7 Å². The maximum Gasteiger partial charge on any atom is 0.287 e. The largest absolute Gasteiger partial charge is 0.456 e. The molecule has 1 aliphatic heterocycles. The number of amides is 2. The zero-order valence-corrected chi connectivity index (χ0v) is 15.4. The standard InChI is InChI=1S/C19H24N4O3/c1-4-15-11(2)9-16(26-15)19(25)21-13-10-17(24)23(12-5-6-12)18(13)14-7-8-20-22(14)3/h7-9,12-13,18H,4-6,10H2,1-3H3,(H,21,25)/t13-,18-/m1/s1. The highest BCUT2D eigenvalue weighted by molar-refractivity contribution is 5.93. The number of furan rings is 1. The summed E-state index contributed by atoms with van der Waals surface area (Å²) in [5, 5.41) is 7.28. The van der Waals surface area contributed by atoms with Crippen LogP contribution < -0.4 is 5.32 Å². The Kier molecular flexibility index (Phi) is 4.09. The second-order valence-corrected chi connectivity index (χ2v) is 7.21. The highest BCUT2D eigenvalue weighted by Crippen LogP contribution is 2.41. The molecule has 1 saturated carbocycles. The van der Waals surface area contributed by atoms with Crippen molar-refractivity contribution in [3.8, 4) is 0 Å². The zero-order valence-electron chi connectivity index (χ0n) is 15.4. The minimum absolute atomic E-state index is 0.0915. The second-order valence-electron chi connectivity index (χ2n) is 7.21. The van der Waals surface area contributed by atoms with E-state index in [1.807, 2.05) is 31.9 Å². The van der Waals surface area contributed by atoms with Crippen LogP contribution in [-0.4, -0.2) is 38.6 Å². The van der Waals surface area contributed by atoms with Gasteiger partial charge in [0.2, 0.25) is 5.91 Å². The minimum atomic E-state index is -0.290. The summed E-state index contributed by atoms with van der Waals surface area (Å²) in [7, 11) is 1.87. The quantitative estimate of drug-likeness (QED) is 0.890. The molecule has 7 nitrogen and oxygen atoms in total. The first-order valence-corrected chi connectivity index (χ1v) is 9.18. The summed E-state index contributed by atoms with van der Waals surface area (Å²) in [5.41, 5.74) is 1.92. The summed E-state index contributed by atoms with van der Waals surface area (Å²) >= 11 is 0. The summed E-state index contributed by atoms with van der Waals surface area (Å²) in [6.07, 6.45) is 4.83. The summed E-state index contributed by atoms with van der Waals surface area (Å²) in [6, 6.07) is 3.49. The third-order valence-corrected chi connectivity index (χ3v) is 5.35. The molecule has 2 aromatic heterocycles. The van der Waals surface area contributed by atoms with Crippen molar-refractivity contribution in [2.45, 2.75) is 57.7 Å². The first-order valence-electron chi connectivity index (χ1n) is 9.18. The fourth-order valence-electron chi connectivity index (χ4n) is 3.91. The highest BCUT2D eigenvalue weighted by atomic mass is 16.4. The van der Waals surface area contributed by atoms with Gasteiger partial charge in [-0.15, -0.1) is 0 Å². The van der Waals surface area contributed by atoms with Crippen LogP contribution in [0.2, 0.25) is 0 Å². The van der Waals surface area contributed by atoms with Crippen LogP contribution in [-0.2, 0) is 18.3 Å². The van der Waals surface area contributed by atoms with Gasteiger partial charge in [0.1, 0.15) is 5.76 Å². The SMILES string of the molecule is CCc1oc(C(=O)N[C@@H]2CC(=O)N(C3CC3)[C@H]2c2ccnn2C)cc1C. The van der Waals surface area contributed by atoms with Crippen LogP contribution in [0.5, 0.6) is 0 Å². The number of carbonyl (C=O) groups is 2. The predicted molar refractivity (Wildman–Crippen MR) is 94.5 cm³/mol. The van der Waals surface area contributed by atoms with E-state index in [0.717, 1.165) is 36.3 Å². The molecular weight excluding hydrogens is 332 g/mol. The van der Waals surface area contributed by atoms with Crippen molar-refractivity contribution >= 4 is 11.8 Å². The van der Waals surface area contributed by atoms with E-state index >= 15 is 0 Å². The molecule has 26 heavy (non-hydrogen) atoms. The van der Waals surface area contributed by atoms with Gasteiger partial charge in [-0.25, -0.2) is 0 Å². The van der Waals surface area contributed by atoms with Gasteiger partial charge in [0.25, 0.3) is 5.91 Å². The Bertz CT molecular complexity index is 849. The molecule has 7 heteroatoms. The number of aromatic nitrogens is 2. The Labute approximate surface area is 152 Å². The van der Waals surface area contributed by atoms with Crippen molar-refractivity contribution in [1.82, 2.24) is 20.0 Å². The van der Waals surface area contributed by atoms with Crippen molar-refractivity contribution < 1.29 is 14.0 Å². The number of hydrogen-bond donors (Lipinski definition) is 1. The van der Waals surface area contributed by atoms with Gasteiger partial charge in [-0.1, -0.05) is 6.92 Å². The van der Waals surface area contributed by atoms with Crippen LogP contribution >= 0.6 is 0 Å². The van der Waals surface area contributed by atoms with Gasteiger partial charge in [0, 0.05) is 32.1 Å². The van der Waals surface area contributed by atoms with E-state index in [1.54, 1.807) is 16.9 Å². The first-order chi connectivity index (χ1) is 12.5. The molecule has 2 aromatic rings. The molecule has 0 aromatic carbocycles. The normalized spacial score (nSPS) is 22.9. The number of hydrogen-bond acceptors (Lipinski definition) is 4. The van der Waals surface area contributed by atoms with Gasteiger partial charge >= 0.3 is 0 Å². The van der Waals surface area contributed by atoms with Crippen molar-refractivity contribution in [1.29, 1.82) is 0 Å². The number of likely N-dealkylation sites (tertiary alicyclic amines) is 1. The van der Waals surface area contributed by atoms with Crippen LogP contribution in [0.25, 0.3) is 0 Å². The Morgan fingerprint density at radius 1 is 1.42 bits per heavy atom. The molecule has 3 heterocycles. The topological polar surface area (TPSA) is 80.4 Å². The summed E-state index contributed by atoms with van der Waals surface area (Å²) in [6.45, 7) is 3.93. The molecule has 1 N–H and O–H groups in total. The lowest BCUT2D eigenvalue weighted by Crippen LogP contribution is -2.41. The van der Waals surface area contributed by atoms with Crippen molar-refractivity contribution in [3.63, 3.8) is 0 Å². The first kappa shape index (κ1) is 16.9. The van der Waals surface area contributed by atoms with Crippen LogP contribution in [0, 0.1) is 6.92 Å². The zero-order chi connectivity index (χ0) is 18.4. The lowest BCUT2D eigenvalue weighted by Gasteiger charge is -2.28. The maximum atomic E-state index is 12.7. The molecule has 138 valence electrons. The Hall–Kier alpha value is -2.57. The Morgan fingerprint density at radius 3 is 2.77 bits per heavy atom. The van der Waals surface area contributed by atoms with Gasteiger partial charge in [-0.05, 0) is 37.5 Å². The molecule has 0 unspecified atom stereocenters. The number of nitrogens with zero attached hydrogens (tertiary/aromatic N) is 3. The number of rotatable bonds is 5. The Balaban J connectivity index is 1.60. The maximum absolute atomic E-state index is 12.7. The average Bonchev–Trinajstić information content (AvgIpc) is 3.11. The number of carbonyl (C=O) groups excluding carboxylic acids is 2. The van der Waals surface area contributed by atoms with Crippen LogP contribution in [0.3, 0.4) is 0 Å². The van der Waals surface area contributed by atoms with E-state index in [0.29, 0.717) is 12.2 Å². The van der Waals surface area contributed by atoms with E-state index < -0.39 is 0 Å². The fourth-order valence-corrected chi connectivity index (χ4v) is 3.91. The van der Waals surface area contributed by atoms with E-state index in [9.17, 15) is 9.59 Å². The molecule has 1 aliphatic carbocycles. The molecule has 2 fully saturated rings. The summed E-state index contributed by atoms with van der Waals surface area (Å²) in [5.74, 6) is 0.949. The van der Waals surface area contributed by atoms with E-state index in [2.05, 4.69) is 10.4 Å². The monoisotopic (exact) mass is 356 g/mol. The summed E-state index contributed by atoms with van der Waals surface area (Å²) in [4.78, 5) is 27.3. The van der Waals surface area contributed by atoms with Crippen molar-refractivity contribution in [2.24, 2.45) is 7.05 Å². The molecule has 0 spiro atoms. The van der Waals surface area contributed by atoms with E-state index in [-0.39, 0.29) is 29.9 Å². The Morgan fingerprint density at radius 2 is 2.19 bits per heavy atom. The van der Waals surface area contributed by atoms with E-state index in [1.165, 1.54) is 0 Å². The average molecular weight is 356 g/mol. The van der Waals surface area contributed by atoms with Crippen molar-refractivity contribution in [3.05, 3.63) is 41.1 Å². The van der Waals surface area contributed by atoms with Gasteiger partial charge < -0.3 is 14.6 Å². The molecule has 2 aliphatic rings. The predicted octanol–water partition coefficient (Wildman–Crippen LogP) is 2.12. The number of nitrogens with one attached hydrogen (secondary N) is 1. The van der Waals surface area contributed by atoms with Gasteiger partial charge in [0.05, 0.1) is 17.8 Å². The van der Waals surface area contributed by atoms with E-state index in [4.69, 9.17) is 4.42 Å². The third-order valence-electron chi connectivity index (χ3n) is 5.35. The number of aryl methyl sites for hydroxylation is 3. The fraction of sp³-hybridized carbons (Fsp3) is 0.526. The second kappa shape index (κ2) is 6.30. The third kappa shape index (κ3) is 2.81. The molecule has 0 radical (unpaired) electrons. The molecule has 2 atom stereocenters. The molecule has 2 amide bonds. The lowest BCUT2D eigenvalue weighted by molar-refractivity contribution is -0.129. The molecule has 1 saturated heterocycles. The van der Waals surface area contributed by atoms with Gasteiger partial charge in [0.15, 0.2) is 5.76 Å². The smallest absolute Gasteiger partial charge is 0.287 e. The van der Waals surface area contributed by atoms with Crippen molar-refractivity contribution in [2.75, 3.05) is 0 Å². The van der Waals surface area contributed by atoms with Gasteiger partial charge in [-0.3, -0.25) is 14.3 Å². The highest BCUT2D eigenvalue weighted by Gasteiger charge is 2.48. The lowest BCUT2D eigenvalue weighted by atomic mass is 10.1. The molecular formula is C19H24N4O3. The summed E-state index contributed by atoms with van der Waals surface area (Å²) < 4.78 is 7.45. The van der Waals surface area contributed by atoms with Crippen LogP contribution in [0.1, 0.15) is 59.8 Å². The van der Waals surface area contributed by atoms with Crippen LogP contribution in [0.4, 0.5) is 0 Å². The minimum Gasteiger partial charge on any atom is -0.456 e. The molecule has 4 rings (SSSR count).